The lowest BCUT2D eigenvalue weighted by atomic mass is 10.0. The van der Waals surface area contributed by atoms with Crippen LogP contribution < -0.4 is 10.1 Å². The van der Waals surface area contributed by atoms with Crippen molar-refractivity contribution in [2.45, 2.75) is 23.5 Å². The number of hydrogen-bond donors (Lipinski definition) is 1. The number of sulfonamides is 1. The lowest BCUT2D eigenvalue weighted by Crippen LogP contribution is -2.22. The molecule has 0 aromatic heterocycles. The Morgan fingerprint density at radius 2 is 1.69 bits per heavy atom. The largest absolute Gasteiger partial charge is 0.431 e. The summed E-state index contributed by atoms with van der Waals surface area (Å²) in [7, 11) is -3.94. The molecule has 1 aliphatic rings. The van der Waals surface area contributed by atoms with Gasteiger partial charge in [-0.15, -0.1) is 0 Å². The molecule has 0 fully saturated rings. The highest BCUT2D eigenvalue weighted by atomic mass is 32.2. The van der Waals surface area contributed by atoms with E-state index in [-0.39, 0.29) is 16.1 Å². The van der Waals surface area contributed by atoms with E-state index in [1.807, 2.05) is 0 Å². The number of nitrogens with zero attached hydrogens (tertiary/aromatic N) is 2. The van der Waals surface area contributed by atoms with Crippen molar-refractivity contribution in [3.63, 3.8) is 0 Å². The maximum absolute atomic E-state index is 14.1. The van der Waals surface area contributed by atoms with Gasteiger partial charge in [-0.1, -0.05) is 18.2 Å². The van der Waals surface area contributed by atoms with Gasteiger partial charge in [0.05, 0.1) is 16.6 Å². The molecule has 0 saturated heterocycles. The van der Waals surface area contributed by atoms with Gasteiger partial charge in [0.1, 0.15) is 11.5 Å². The van der Waals surface area contributed by atoms with Crippen molar-refractivity contribution in [2.24, 2.45) is 10.2 Å². The molecule has 1 atom stereocenters. The first kappa shape index (κ1) is 18.3. The van der Waals surface area contributed by atoms with Crippen LogP contribution in [0, 0.1) is 5.82 Å². The summed E-state index contributed by atoms with van der Waals surface area (Å²) in [5.74, 6) is -0.651. The summed E-state index contributed by atoms with van der Waals surface area (Å²) in [6, 6.07) is 9.36. The van der Waals surface area contributed by atoms with Gasteiger partial charge in [0, 0.05) is 12.0 Å². The molecule has 1 aliphatic heterocycles. The van der Waals surface area contributed by atoms with Crippen molar-refractivity contribution < 1.29 is 26.0 Å². The van der Waals surface area contributed by atoms with E-state index in [1.165, 1.54) is 30.3 Å². The Hall–Kier alpha value is -2.46. The Morgan fingerprint density at radius 3 is 2.23 bits per heavy atom. The summed E-state index contributed by atoms with van der Waals surface area (Å²) in [6.45, 7) is 0. The number of hydrazone groups is 1. The fourth-order valence-electron chi connectivity index (χ4n) is 2.70. The highest BCUT2D eigenvalue weighted by Crippen LogP contribution is 2.40. The van der Waals surface area contributed by atoms with Gasteiger partial charge in [0.25, 0.3) is 0 Å². The molecular formula is C16H13F4N3O2S. The Balaban J connectivity index is 2.05. The average Bonchev–Trinajstić information content (AvgIpc) is 3.00. The molecule has 26 heavy (non-hydrogen) atoms. The molecule has 5 nitrogen and oxygen atoms in total. The Bertz CT molecular complexity index is 956. The van der Waals surface area contributed by atoms with Gasteiger partial charge in [-0.25, -0.2) is 17.9 Å². The number of hydrogen-bond acceptors (Lipinski definition) is 4. The smallest absolute Gasteiger partial charge is 0.257 e. The highest BCUT2D eigenvalue weighted by Gasteiger charge is 2.44. The van der Waals surface area contributed by atoms with Crippen LogP contribution in [0.1, 0.15) is 18.0 Å². The summed E-state index contributed by atoms with van der Waals surface area (Å²) in [5, 5.41) is 9.64. The monoisotopic (exact) mass is 387 g/mol. The van der Waals surface area contributed by atoms with Gasteiger partial charge >= 0.3 is 6.18 Å². The molecule has 10 heteroatoms. The molecule has 0 aliphatic carbocycles. The summed E-state index contributed by atoms with van der Waals surface area (Å²) in [4.78, 5) is -0.192. The highest BCUT2D eigenvalue weighted by molar-refractivity contribution is 7.89. The van der Waals surface area contributed by atoms with Crippen molar-refractivity contribution in [2.75, 3.05) is 5.01 Å². The number of benzene rings is 2. The van der Waals surface area contributed by atoms with Crippen LogP contribution in [0.3, 0.4) is 0 Å². The molecule has 2 aromatic carbocycles. The van der Waals surface area contributed by atoms with E-state index < -0.39 is 40.2 Å². The zero-order chi connectivity index (χ0) is 19.1. The van der Waals surface area contributed by atoms with Crippen molar-refractivity contribution in [1.29, 1.82) is 0 Å². The zero-order valence-electron chi connectivity index (χ0n) is 13.1. The Labute approximate surface area is 146 Å². The molecule has 1 heterocycles. The average molecular weight is 387 g/mol. The van der Waals surface area contributed by atoms with Crippen molar-refractivity contribution in [1.82, 2.24) is 0 Å². The molecule has 0 amide bonds. The van der Waals surface area contributed by atoms with E-state index in [0.29, 0.717) is 0 Å². The van der Waals surface area contributed by atoms with Crippen LogP contribution in [-0.4, -0.2) is 20.3 Å². The molecule has 0 bridgehead atoms. The molecule has 138 valence electrons. The van der Waals surface area contributed by atoms with Crippen LogP contribution >= 0.6 is 0 Å². The first-order valence-corrected chi connectivity index (χ1v) is 8.93. The lowest BCUT2D eigenvalue weighted by molar-refractivity contribution is -0.0600. The first-order chi connectivity index (χ1) is 12.1. The second-order valence-corrected chi connectivity index (χ2v) is 7.23. The van der Waals surface area contributed by atoms with E-state index in [2.05, 4.69) is 5.10 Å². The maximum atomic E-state index is 14.1. The van der Waals surface area contributed by atoms with Gasteiger partial charge in [-0.05, 0) is 30.3 Å². The van der Waals surface area contributed by atoms with Crippen molar-refractivity contribution in [3.8, 4) is 0 Å². The molecule has 2 N–H and O–H groups in total. The molecular weight excluding hydrogens is 374 g/mol. The molecule has 0 spiro atoms. The Kier molecular flexibility index (Phi) is 4.49. The van der Waals surface area contributed by atoms with Gasteiger partial charge in [-0.2, -0.15) is 18.3 Å². The van der Waals surface area contributed by atoms with Gasteiger partial charge in [-0.3, -0.25) is 5.01 Å². The fourth-order valence-corrected chi connectivity index (χ4v) is 3.21. The third-order valence-corrected chi connectivity index (χ3v) is 4.86. The number of anilines is 1. The van der Waals surface area contributed by atoms with Crippen LogP contribution in [0.15, 0.2) is 58.5 Å². The number of halogens is 4. The number of nitrogens with two attached hydrogens (primary N) is 1. The van der Waals surface area contributed by atoms with E-state index >= 15 is 0 Å². The van der Waals surface area contributed by atoms with Gasteiger partial charge in [0.15, 0.2) is 0 Å². The van der Waals surface area contributed by atoms with E-state index in [1.54, 1.807) is 0 Å². The standard InChI is InChI=1S/C16H13F4N3O2S/c17-13-4-2-1-3-12(13)14-9-15(16(18,19)20)22-23(14)10-5-7-11(8-6-10)26(21,24)25/h1-8,14H,9H2,(H2,21,24,25)/t14-/m0/s1. The summed E-state index contributed by atoms with van der Waals surface area (Å²) in [5.41, 5.74) is -0.794. The number of primary sulfonamides is 1. The second-order valence-electron chi connectivity index (χ2n) is 5.67. The third kappa shape index (κ3) is 3.56. The van der Waals surface area contributed by atoms with Gasteiger partial charge < -0.3 is 0 Å². The molecule has 0 unspecified atom stereocenters. The minimum absolute atomic E-state index is 0.0611. The second kappa shape index (κ2) is 6.36. The van der Waals surface area contributed by atoms with Crippen LogP contribution in [0.25, 0.3) is 0 Å². The summed E-state index contributed by atoms with van der Waals surface area (Å²) in [6.07, 6.45) is -5.18. The first-order valence-electron chi connectivity index (χ1n) is 7.38. The maximum Gasteiger partial charge on any atom is 0.431 e. The number of alkyl halides is 3. The predicted octanol–water partition coefficient (Wildman–Crippen LogP) is 3.34. The number of rotatable bonds is 3. The summed E-state index contributed by atoms with van der Waals surface area (Å²) < 4.78 is 76.1. The molecule has 0 saturated carbocycles. The molecule has 2 aromatic rings. The van der Waals surface area contributed by atoms with Crippen molar-refractivity contribution in [3.05, 3.63) is 59.9 Å². The van der Waals surface area contributed by atoms with Crippen molar-refractivity contribution >= 4 is 21.4 Å². The quantitative estimate of drug-likeness (QED) is 0.821. The fraction of sp³-hybridized carbons (Fsp3) is 0.188. The Morgan fingerprint density at radius 1 is 1.08 bits per heavy atom. The van der Waals surface area contributed by atoms with E-state index in [0.717, 1.165) is 23.2 Å². The normalized spacial score (nSPS) is 18.1. The van der Waals surface area contributed by atoms with Crippen LogP contribution in [-0.2, 0) is 10.0 Å². The predicted molar refractivity (Wildman–Crippen MR) is 87.5 cm³/mol. The van der Waals surface area contributed by atoms with Crippen LogP contribution in [0.2, 0.25) is 0 Å². The molecule has 3 rings (SSSR count). The SMILES string of the molecule is NS(=O)(=O)c1ccc(N2N=C(C(F)(F)F)C[C@H]2c2ccccc2F)cc1. The van der Waals surface area contributed by atoms with Crippen LogP contribution in [0.4, 0.5) is 23.2 Å². The van der Waals surface area contributed by atoms with Crippen LogP contribution in [0.5, 0.6) is 0 Å². The topological polar surface area (TPSA) is 75.8 Å². The van der Waals surface area contributed by atoms with E-state index in [9.17, 15) is 26.0 Å². The van der Waals surface area contributed by atoms with Gasteiger partial charge in [0.2, 0.25) is 10.0 Å². The third-order valence-electron chi connectivity index (χ3n) is 3.93. The minimum Gasteiger partial charge on any atom is -0.257 e. The molecule has 0 radical (unpaired) electrons. The minimum atomic E-state index is -4.65. The zero-order valence-corrected chi connectivity index (χ0v) is 13.9. The summed E-state index contributed by atoms with van der Waals surface area (Å²) >= 11 is 0. The lowest BCUT2D eigenvalue weighted by Gasteiger charge is -2.24. The van der Waals surface area contributed by atoms with E-state index in [4.69, 9.17) is 5.14 Å².